The SMILES string of the molecule is O=C(O)C1(c2ccc(C(F)(F)F)cc2)CCC(O)CC1. The number of halogens is 3. The van der Waals surface area contributed by atoms with E-state index < -0.39 is 29.2 Å². The molecule has 0 radical (unpaired) electrons. The summed E-state index contributed by atoms with van der Waals surface area (Å²) in [4.78, 5) is 11.6. The molecule has 0 atom stereocenters. The van der Waals surface area contributed by atoms with Crippen LogP contribution in [0.5, 0.6) is 0 Å². The summed E-state index contributed by atoms with van der Waals surface area (Å²) < 4.78 is 37.6. The van der Waals surface area contributed by atoms with Crippen LogP contribution in [-0.2, 0) is 16.4 Å². The zero-order valence-electron chi connectivity index (χ0n) is 10.7. The van der Waals surface area contributed by atoms with Crippen molar-refractivity contribution in [3.05, 3.63) is 35.4 Å². The fourth-order valence-electron chi connectivity index (χ4n) is 2.70. The van der Waals surface area contributed by atoms with Crippen molar-refractivity contribution in [3.8, 4) is 0 Å². The number of hydrogen-bond donors (Lipinski definition) is 2. The second-order valence-electron chi connectivity index (χ2n) is 5.19. The predicted molar refractivity (Wildman–Crippen MR) is 65.2 cm³/mol. The second kappa shape index (κ2) is 5.09. The normalized spacial score (nSPS) is 27.3. The highest BCUT2D eigenvalue weighted by atomic mass is 19.4. The van der Waals surface area contributed by atoms with Gasteiger partial charge in [-0.05, 0) is 43.4 Å². The van der Waals surface area contributed by atoms with Crippen molar-refractivity contribution in [3.63, 3.8) is 0 Å². The molecule has 0 spiro atoms. The Morgan fingerprint density at radius 3 is 2.05 bits per heavy atom. The lowest BCUT2D eigenvalue weighted by molar-refractivity contribution is -0.146. The number of rotatable bonds is 2. The number of carboxylic acids is 1. The van der Waals surface area contributed by atoms with Crippen molar-refractivity contribution in [2.45, 2.75) is 43.4 Å². The van der Waals surface area contributed by atoms with Crippen LogP contribution in [0.3, 0.4) is 0 Å². The van der Waals surface area contributed by atoms with E-state index in [4.69, 9.17) is 0 Å². The molecule has 1 fully saturated rings. The molecule has 0 aliphatic heterocycles. The van der Waals surface area contributed by atoms with Crippen molar-refractivity contribution in [2.24, 2.45) is 0 Å². The molecule has 1 aliphatic carbocycles. The maximum absolute atomic E-state index is 12.5. The molecular formula is C14H15F3O3. The Hall–Kier alpha value is -1.56. The number of aliphatic carboxylic acids is 1. The molecule has 0 saturated heterocycles. The largest absolute Gasteiger partial charge is 0.481 e. The Labute approximate surface area is 114 Å². The van der Waals surface area contributed by atoms with E-state index >= 15 is 0 Å². The number of aliphatic hydroxyl groups is 1. The minimum Gasteiger partial charge on any atom is -0.481 e. The zero-order chi connectivity index (χ0) is 15.0. The van der Waals surface area contributed by atoms with Crippen molar-refractivity contribution in [1.82, 2.24) is 0 Å². The van der Waals surface area contributed by atoms with Gasteiger partial charge in [0.2, 0.25) is 0 Å². The monoisotopic (exact) mass is 288 g/mol. The molecule has 6 heteroatoms. The summed E-state index contributed by atoms with van der Waals surface area (Å²) in [5.74, 6) is -1.05. The van der Waals surface area contributed by atoms with Gasteiger partial charge in [-0.25, -0.2) is 0 Å². The number of carboxylic acid groups (broad SMARTS) is 1. The molecule has 1 saturated carbocycles. The molecule has 0 heterocycles. The third-order valence-corrected chi connectivity index (χ3v) is 3.98. The molecule has 110 valence electrons. The van der Waals surface area contributed by atoms with Crippen LogP contribution in [0.1, 0.15) is 36.8 Å². The van der Waals surface area contributed by atoms with Gasteiger partial charge in [0.1, 0.15) is 0 Å². The van der Waals surface area contributed by atoms with Crippen molar-refractivity contribution in [1.29, 1.82) is 0 Å². The van der Waals surface area contributed by atoms with E-state index in [0.29, 0.717) is 18.4 Å². The van der Waals surface area contributed by atoms with Gasteiger partial charge in [0.15, 0.2) is 0 Å². The van der Waals surface area contributed by atoms with E-state index in [9.17, 15) is 28.2 Å². The van der Waals surface area contributed by atoms with E-state index in [2.05, 4.69) is 0 Å². The number of alkyl halides is 3. The summed E-state index contributed by atoms with van der Waals surface area (Å²) in [6.07, 6.45) is -3.82. The van der Waals surface area contributed by atoms with Crippen LogP contribution in [0.15, 0.2) is 24.3 Å². The standard InChI is InChI=1S/C14H15F3O3/c15-14(16,17)10-3-1-9(2-4-10)13(12(19)20)7-5-11(18)6-8-13/h1-4,11,18H,5-8H2,(H,19,20). The van der Waals surface area contributed by atoms with Gasteiger partial charge in [-0.3, -0.25) is 4.79 Å². The third kappa shape index (κ3) is 2.65. The number of hydrogen-bond acceptors (Lipinski definition) is 2. The van der Waals surface area contributed by atoms with E-state index in [-0.39, 0.29) is 12.8 Å². The van der Waals surface area contributed by atoms with Crippen molar-refractivity contribution in [2.75, 3.05) is 0 Å². The summed E-state index contributed by atoms with van der Waals surface area (Å²) in [6.45, 7) is 0. The summed E-state index contributed by atoms with van der Waals surface area (Å²) >= 11 is 0. The number of carbonyl (C=O) groups is 1. The maximum Gasteiger partial charge on any atom is 0.416 e. The molecule has 0 aromatic heterocycles. The summed E-state index contributed by atoms with van der Waals surface area (Å²) in [7, 11) is 0. The molecule has 1 aromatic rings. The molecule has 2 N–H and O–H groups in total. The Morgan fingerprint density at radius 1 is 1.15 bits per heavy atom. The quantitative estimate of drug-likeness (QED) is 0.879. The first kappa shape index (κ1) is 14.8. The highest BCUT2D eigenvalue weighted by molar-refractivity contribution is 5.81. The first-order chi connectivity index (χ1) is 9.25. The molecule has 1 aliphatic rings. The van der Waals surface area contributed by atoms with Gasteiger partial charge < -0.3 is 10.2 Å². The second-order valence-corrected chi connectivity index (χ2v) is 5.19. The molecule has 0 bridgehead atoms. The summed E-state index contributed by atoms with van der Waals surface area (Å²) in [5.41, 5.74) is -1.62. The summed E-state index contributed by atoms with van der Waals surface area (Å²) in [5, 5.41) is 18.9. The van der Waals surface area contributed by atoms with Gasteiger partial charge >= 0.3 is 12.1 Å². The van der Waals surface area contributed by atoms with Gasteiger partial charge in [-0.2, -0.15) is 13.2 Å². The molecule has 1 aromatic carbocycles. The molecule has 2 rings (SSSR count). The molecule has 3 nitrogen and oxygen atoms in total. The molecule has 0 unspecified atom stereocenters. The Bertz CT molecular complexity index is 485. The average Bonchev–Trinajstić information content (AvgIpc) is 2.39. The van der Waals surface area contributed by atoms with Crippen LogP contribution in [0.4, 0.5) is 13.2 Å². The Balaban J connectivity index is 2.34. The zero-order valence-corrected chi connectivity index (χ0v) is 10.7. The minimum absolute atomic E-state index is 0.231. The fourth-order valence-corrected chi connectivity index (χ4v) is 2.70. The van der Waals surface area contributed by atoms with Crippen LogP contribution in [0.2, 0.25) is 0 Å². The molecule has 0 amide bonds. The minimum atomic E-state index is -4.43. The average molecular weight is 288 g/mol. The number of aliphatic hydroxyl groups excluding tert-OH is 1. The third-order valence-electron chi connectivity index (χ3n) is 3.98. The van der Waals surface area contributed by atoms with Crippen LogP contribution < -0.4 is 0 Å². The number of benzene rings is 1. The maximum atomic E-state index is 12.5. The van der Waals surface area contributed by atoms with E-state index in [1.807, 2.05) is 0 Å². The first-order valence-corrected chi connectivity index (χ1v) is 6.35. The van der Waals surface area contributed by atoms with Gasteiger partial charge in [0.05, 0.1) is 17.1 Å². The first-order valence-electron chi connectivity index (χ1n) is 6.35. The van der Waals surface area contributed by atoms with Crippen molar-refractivity contribution >= 4 is 5.97 Å². The van der Waals surface area contributed by atoms with Gasteiger partial charge in [-0.15, -0.1) is 0 Å². The lowest BCUT2D eigenvalue weighted by atomic mass is 9.68. The Morgan fingerprint density at radius 2 is 1.65 bits per heavy atom. The lowest BCUT2D eigenvalue weighted by Gasteiger charge is -2.35. The smallest absolute Gasteiger partial charge is 0.416 e. The highest BCUT2D eigenvalue weighted by Crippen LogP contribution is 2.41. The lowest BCUT2D eigenvalue weighted by Crippen LogP contribution is -2.40. The van der Waals surface area contributed by atoms with Crippen molar-refractivity contribution < 1.29 is 28.2 Å². The highest BCUT2D eigenvalue weighted by Gasteiger charge is 2.43. The Kier molecular flexibility index (Phi) is 3.77. The van der Waals surface area contributed by atoms with Gasteiger partial charge in [0.25, 0.3) is 0 Å². The molecule has 20 heavy (non-hydrogen) atoms. The fraction of sp³-hybridized carbons (Fsp3) is 0.500. The molecular weight excluding hydrogens is 273 g/mol. The summed E-state index contributed by atoms with van der Waals surface area (Å²) in [6, 6.07) is 4.28. The van der Waals surface area contributed by atoms with Crippen LogP contribution in [0.25, 0.3) is 0 Å². The van der Waals surface area contributed by atoms with E-state index in [0.717, 1.165) is 12.1 Å². The van der Waals surface area contributed by atoms with Gasteiger partial charge in [-0.1, -0.05) is 12.1 Å². The van der Waals surface area contributed by atoms with E-state index in [1.54, 1.807) is 0 Å². The topological polar surface area (TPSA) is 57.5 Å². The van der Waals surface area contributed by atoms with Crippen LogP contribution >= 0.6 is 0 Å². The van der Waals surface area contributed by atoms with Gasteiger partial charge in [0, 0.05) is 0 Å². The predicted octanol–water partition coefficient (Wildman–Crippen LogP) is 2.96. The van der Waals surface area contributed by atoms with Crippen LogP contribution in [0, 0.1) is 0 Å². The van der Waals surface area contributed by atoms with E-state index in [1.165, 1.54) is 12.1 Å². The van der Waals surface area contributed by atoms with Crippen LogP contribution in [-0.4, -0.2) is 22.3 Å².